The molecule has 0 aliphatic carbocycles. The third-order valence-corrected chi connectivity index (χ3v) is 4.43. The minimum atomic E-state index is -0.304. The van der Waals surface area contributed by atoms with Crippen LogP contribution in [0.3, 0.4) is 0 Å². The van der Waals surface area contributed by atoms with Crippen LogP contribution in [-0.2, 0) is 4.79 Å². The molecule has 2 unspecified atom stereocenters. The minimum absolute atomic E-state index is 0.0498. The molecule has 1 heterocycles. The van der Waals surface area contributed by atoms with E-state index in [1.165, 1.54) is 0 Å². The zero-order chi connectivity index (χ0) is 15.4. The van der Waals surface area contributed by atoms with Crippen molar-refractivity contribution in [3.63, 3.8) is 0 Å². The summed E-state index contributed by atoms with van der Waals surface area (Å²) >= 11 is 11.7. The lowest BCUT2D eigenvalue weighted by molar-refractivity contribution is -0.135. The summed E-state index contributed by atoms with van der Waals surface area (Å²) in [7, 11) is 0. The number of hydrogen-bond donors (Lipinski definition) is 1. The Hall–Kier alpha value is -0.970. The van der Waals surface area contributed by atoms with Crippen molar-refractivity contribution in [3.8, 4) is 5.75 Å². The highest BCUT2D eigenvalue weighted by atomic mass is 35.5. The molecule has 0 spiro atoms. The number of piperidine rings is 1. The molecule has 1 aromatic carbocycles. The average Bonchev–Trinajstić information content (AvgIpc) is 2.45. The van der Waals surface area contributed by atoms with E-state index in [9.17, 15) is 9.90 Å². The minimum Gasteiger partial charge on any atom is -0.493 e. The van der Waals surface area contributed by atoms with Gasteiger partial charge < -0.3 is 14.7 Å². The highest BCUT2D eigenvalue weighted by Crippen LogP contribution is 2.26. The predicted octanol–water partition coefficient (Wildman–Crippen LogP) is 2.99. The lowest BCUT2D eigenvalue weighted by Gasteiger charge is -2.34. The molecular weight excluding hydrogens is 313 g/mol. The Balaban J connectivity index is 1.77. The number of hydrogen-bond acceptors (Lipinski definition) is 3. The number of benzene rings is 1. The summed E-state index contributed by atoms with van der Waals surface area (Å²) in [6, 6.07) is 5.01. The molecule has 1 N–H and O–H groups in total. The van der Waals surface area contributed by atoms with Crippen LogP contribution in [-0.4, -0.2) is 41.7 Å². The van der Waals surface area contributed by atoms with Crippen molar-refractivity contribution in [1.29, 1.82) is 0 Å². The van der Waals surface area contributed by atoms with Gasteiger partial charge in [0.2, 0.25) is 5.91 Å². The Kier molecular flexibility index (Phi) is 5.73. The first-order valence-electron chi connectivity index (χ1n) is 7.01. The van der Waals surface area contributed by atoms with Crippen molar-refractivity contribution in [2.24, 2.45) is 5.92 Å². The van der Waals surface area contributed by atoms with Gasteiger partial charge in [0, 0.05) is 19.2 Å². The lowest BCUT2D eigenvalue weighted by Crippen LogP contribution is -2.45. The van der Waals surface area contributed by atoms with Crippen LogP contribution in [0.25, 0.3) is 0 Å². The maximum absolute atomic E-state index is 12.1. The number of rotatable bonds is 4. The summed E-state index contributed by atoms with van der Waals surface area (Å²) in [5.41, 5.74) is 0. The van der Waals surface area contributed by atoms with Crippen LogP contribution in [0.2, 0.25) is 10.0 Å². The number of carbonyl (C=O) groups is 1. The molecule has 2 atom stereocenters. The third-order valence-electron chi connectivity index (χ3n) is 3.69. The van der Waals surface area contributed by atoms with E-state index in [4.69, 9.17) is 27.9 Å². The van der Waals surface area contributed by atoms with E-state index in [-0.39, 0.29) is 17.9 Å². The molecule has 6 heteroatoms. The Morgan fingerprint density at radius 1 is 1.43 bits per heavy atom. The Bertz CT molecular complexity index is 510. The van der Waals surface area contributed by atoms with E-state index in [1.54, 1.807) is 23.1 Å². The van der Waals surface area contributed by atoms with Crippen LogP contribution < -0.4 is 4.74 Å². The summed E-state index contributed by atoms with van der Waals surface area (Å²) in [5, 5.41) is 10.6. The maximum atomic E-state index is 12.1. The molecule has 1 saturated heterocycles. The van der Waals surface area contributed by atoms with Crippen molar-refractivity contribution < 1.29 is 14.6 Å². The van der Waals surface area contributed by atoms with Crippen LogP contribution in [0.1, 0.15) is 19.8 Å². The molecule has 1 amide bonds. The first-order chi connectivity index (χ1) is 9.97. The molecule has 1 aliphatic heterocycles. The molecule has 4 nitrogen and oxygen atoms in total. The molecule has 0 aromatic heterocycles. The molecule has 0 radical (unpaired) electrons. The monoisotopic (exact) mass is 331 g/mol. The van der Waals surface area contributed by atoms with Gasteiger partial charge in [0.1, 0.15) is 5.75 Å². The topological polar surface area (TPSA) is 49.8 Å². The van der Waals surface area contributed by atoms with Gasteiger partial charge in [-0.2, -0.15) is 0 Å². The molecular formula is C15H19Cl2NO3. The van der Waals surface area contributed by atoms with Crippen molar-refractivity contribution in [3.05, 3.63) is 28.2 Å². The summed E-state index contributed by atoms with van der Waals surface area (Å²) in [5.74, 6) is 0.770. The molecule has 21 heavy (non-hydrogen) atoms. The lowest BCUT2D eigenvalue weighted by atomic mass is 9.96. The van der Waals surface area contributed by atoms with Gasteiger partial charge in [0.25, 0.3) is 0 Å². The van der Waals surface area contributed by atoms with Gasteiger partial charge >= 0.3 is 0 Å². The van der Waals surface area contributed by atoms with Crippen molar-refractivity contribution in [1.82, 2.24) is 4.90 Å². The zero-order valence-electron chi connectivity index (χ0n) is 11.9. The molecule has 2 rings (SSSR count). The fourth-order valence-corrected chi connectivity index (χ4v) is 2.63. The second-order valence-electron chi connectivity index (χ2n) is 5.35. The summed E-state index contributed by atoms with van der Waals surface area (Å²) in [6.45, 7) is 3.46. The summed E-state index contributed by atoms with van der Waals surface area (Å²) in [4.78, 5) is 13.9. The fourth-order valence-electron chi connectivity index (χ4n) is 2.34. The van der Waals surface area contributed by atoms with Gasteiger partial charge in [-0.1, -0.05) is 30.1 Å². The summed E-state index contributed by atoms with van der Waals surface area (Å²) < 4.78 is 5.51. The first-order valence-corrected chi connectivity index (χ1v) is 7.76. The van der Waals surface area contributed by atoms with Gasteiger partial charge in [0.05, 0.1) is 29.2 Å². The van der Waals surface area contributed by atoms with E-state index in [2.05, 4.69) is 0 Å². The largest absolute Gasteiger partial charge is 0.493 e. The predicted molar refractivity (Wildman–Crippen MR) is 82.9 cm³/mol. The van der Waals surface area contributed by atoms with Gasteiger partial charge in [0.15, 0.2) is 0 Å². The van der Waals surface area contributed by atoms with Crippen molar-refractivity contribution >= 4 is 29.1 Å². The second kappa shape index (κ2) is 7.34. The maximum Gasteiger partial charge on any atom is 0.226 e. The average molecular weight is 332 g/mol. The number of halogens is 2. The number of nitrogens with zero attached hydrogens (tertiary/aromatic N) is 1. The molecule has 1 aromatic rings. The van der Waals surface area contributed by atoms with Gasteiger partial charge in [-0.15, -0.1) is 0 Å². The van der Waals surface area contributed by atoms with Crippen LogP contribution >= 0.6 is 23.2 Å². The van der Waals surface area contributed by atoms with Crippen LogP contribution in [0.15, 0.2) is 18.2 Å². The molecule has 0 saturated carbocycles. The molecule has 1 fully saturated rings. The van der Waals surface area contributed by atoms with Crippen LogP contribution in [0.5, 0.6) is 5.75 Å². The third kappa shape index (κ3) is 4.50. The van der Waals surface area contributed by atoms with E-state index < -0.39 is 0 Å². The Morgan fingerprint density at radius 2 is 2.19 bits per heavy atom. The van der Waals surface area contributed by atoms with Gasteiger partial charge in [-0.3, -0.25) is 4.79 Å². The van der Waals surface area contributed by atoms with E-state index in [0.29, 0.717) is 48.3 Å². The second-order valence-corrected chi connectivity index (χ2v) is 6.16. The zero-order valence-corrected chi connectivity index (χ0v) is 13.4. The van der Waals surface area contributed by atoms with E-state index >= 15 is 0 Å². The number of ether oxygens (including phenoxy) is 1. The van der Waals surface area contributed by atoms with Crippen LogP contribution in [0, 0.1) is 5.92 Å². The Morgan fingerprint density at radius 3 is 2.86 bits per heavy atom. The number of amides is 1. The number of aliphatic hydroxyl groups is 1. The fraction of sp³-hybridized carbons (Fsp3) is 0.533. The molecule has 1 aliphatic rings. The van der Waals surface area contributed by atoms with Crippen molar-refractivity contribution in [2.45, 2.75) is 25.9 Å². The number of aliphatic hydroxyl groups excluding tert-OH is 1. The smallest absolute Gasteiger partial charge is 0.226 e. The highest BCUT2D eigenvalue weighted by Gasteiger charge is 2.26. The number of likely N-dealkylation sites (tertiary alicyclic amines) is 1. The van der Waals surface area contributed by atoms with E-state index in [1.807, 2.05) is 6.92 Å². The van der Waals surface area contributed by atoms with Gasteiger partial charge in [-0.05, 0) is 24.5 Å². The molecule has 0 bridgehead atoms. The Labute approximate surface area is 134 Å². The molecule has 116 valence electrons. The van der Waals surface area contributed by atoms with E-state index in [0.717, 1.165) is 0 Å². The summed E-state index contributed by atoms with van der Waals surface area (Å²) in [6.07, 6.45) is 0.644. The van der Waals surface area contributed by atoms with Crippen LogP contribution in [0.4, 0.5) is 0 Å². The normalized spacial score (nSPS) is 22.2. The standard InChI is InChI=1S/C15H19Cl2NO3/c1-10-9-18(6-4-14(10)19)15(20)5-7-21-11-2-3-12(16)13(17)8-11/h2-3,8,10,14,19H,4-7,9H2,1H3. The van der Waals surface area contributed by atoms with Gasteiger partial charge in [-0.25, -0.2) is 0 Å². The first kappa shape index (κ1) is 16.4. The quantitative estimate of drug-likeness (QED) is 0.922. The highest BCUT2D eigenvalue weighted by molar-refractivity contribution is 6.42. The number of carbonyl (C=O) groups excluding carboxylic acids is 1. The SMILES string of the molecule is CC1CN(C(=O)CCOc2ccc(Cl)c(Cl)c2)CCC1O. The van der Waals surface area contributed by atoms with Crippen molar-refractivity contribution in [2.75, 3.05) is 19.7 Å².